The lowest BCUT2D eigenvalue weighted by Crippen LogP contribution is -2.14. The number of amides is 1. The SMILES string of the molecule is Nc1cc(Cl)c(Cl)c(C(=O)Nc2c(Cl)ncnc2Cl)c1. The summed E-state index contributed by atoms with van der Waals surface area (Å²) in [7, 11) is 0. The van der Waals surface area contributed by atoms with E-state index in [1.807, 2.05) is 0 Å². The van der Waals surface area contributed by atoms with Gasteiger partial charge in [0.2, 0.25) is 0 Å². The molecule has 104 valence electrons. The van der Waals surface area contributed by atoms with Crippen molar-refractivity contribution in [1.82, 2.24) is 9.97 Å². The van der Waals surface area contributed by atoms with Crippen LogP contribution in [0, 0.1) is 0 Å². The molecule has 0 aliphatic rings. The molecule has 1 heterocycles. The number of nitrogens with one attached hydrogen (secondary N) is 1. The number of benzene rings is 1. The van der Waals surface area contributed by atoms with E-state index >= 15 is 0 Å². The highest BCUT2D eigenvalue weighted by Gasteiger charge is 2.17. The highest BCUT2D eigenvalue weighted by molar-refractivity contribution is 6.44. The van der Waals surface area contributed by atoms with Crippen molar-refractivity contribution in [2.45, 2.75) is 0 Å². The maximum absolute atomic E-state index is 12.2. The molecule has 20 heavy (non-hydrogen) atoms. The first kappa shape index (κ1) is 15.1. The number of hydrogen-bond acceptors (Lipinski definition) is 4. The van der Waals surface area contributed by atoms with Gasteiger partial charge in [0, 0.05) is 5.69 Å². The molecule has 5 nitrogen and oxygen atoms in total. The lowest BCUT2D eigenvalue weighted by atomic mass is 10.2. The minimum absolute atomic E-state index is 0.00414. The Morgan fingerprint density at radius 1 is 1.10 bits per heavy atom. The molecule has 0 aliphatic carbocycles. The average Bonchev–Trinajstić information content (AvgIpc) is 2.38. The molecule has 2 rings (SSSR count). The fourth-order valence-corrected chi connectivity index (χ4v) is 2.24. The molecule has 0 radical (unpaired) electrons. The van der Waals surface area contributed by atoms with Crippen LogP contribution in [0.3, 0.4) is 0 Å². The van der Waals surface area contributed by atoms with Crippen molar-refractivity contribution in [2.24, 2.45) is 0 Å². The quantitative estimate of drug-likeness (QED) is 0.634. The van der Waals surface area contributed by atoms with Gasteiger partial charge in [-0.3, -0.25) is 4.79 Å². The Morgan fingerprint density at radius 2 is 1.70 bits per heavy atom. The van der Waals surface area contributed by atoms with Crippen molar-refractivity contribution in [2.75, 3.05) is 11.1 Å². The highest BCUT2D eigenvalue weighted by Crippen LogP contribution is 2.31. The van der Waals surface area contributed by atoms with Crippen LogP contribution in [0.5, 0.6) is 0 Å². The minimum Gasteiger partial charge on any atom is -0.399 e. The summed E-state index contributed by atoms with van der Waals surface area (Å²) in [6, 6.07) is 2.82. The molecule has 1 aromatic heterocycles. The molecule has 0 fully saturated rings. The molecule has 0 atom stereocenters. The monoisotopic (exact) mass is 350 g/mol. The Labute approximate surface area is 134 Å². The molecule has 0 unspecified atom stereocenters. The van der Waals surface area contributed by atoms with Gasteiger partial charge >= 0.3 is 0 Å². The summed E-state index contributed by atoms with van der Waals surface area (Å²) in [4.78, 5) is 19.6. The third kappa shape index (κ3) is 3.07. The van der Waals surface area contributed by atoms with Gasteiger partial charge in [0.25, 0.3) is 5.91 Å². The third-order valence-corrected chi connectivity index (χ3v) is 3.66. The summed E-state index contributed by atoms with van der Waals surface area (Å²) >= 11 is 23.5. The van der Waals surface area contributed by atoms with Crippen LogP contribution in [0.25, 0.3) is 0 Å². The van der Waals surface area contributed by atoms with Crippen molar-refractivity contribution >= 4 is 63.7 Å². The summed E-state index contributed by atoms with van der Waals surface area (Å²) < 4.78 is 0. The molecule has 9 heteroatoms. The highest BCUT2D eigenvalue weighted by atomic mass is 35.5. The van der Waals surface area contributed by atoms with Crippen LogP contribution < -0.4 is 11.1 Å². The zero-order valence-electron chi connectivity index (χ0n) is 9.62. The van der Waals surface area contributed by atoms with Crippen LogP contribution in [-0.4, -0.2) is 15.9 Å². The van der Waals surface area contributed by atoms with E-state index in [1.165, 1.54) is 18.5 Å². The van der Waals surface area contributed by atoms with Gasteiger partial charge in [0.05, 0.1) is 15.6 Å². The Morgan fingerprint density at radius 3 is 2.30 bits per heavy atom. The van der Waals surface area contributed by atoms with E-state index in [2.05, 4.69) is 15.3 Å². The Hall–Kier alpha value is -1.27. The van der Waals surface area contributed by atoms with E-state index in [0.29, 0.717) is 5.69 Å². The summed E-state index contributed by atoms with van der Waals surface area (Å²) in [6.07, 6.45) is 1.17. The minimum atomic E-state index is -0.581. The first-order valence-corrected chi connectivity index (χ1v) is 6.63. The van der Waals surface area contributed by atoms with Gasteiger partial charge in [-0.25, -0.2) is 9.97 Å². The first-order chi connectivity index (χ1) is 9.40. The van der Waals surface area contributed by atoms with Crippen LogP contribution >= 0.6 is 46.4 Å². The molecule has 0 bridgehead atoms. The molecular formula is C11H6Cl4N4O. The number of rotatable bonds is 2. The fourth-order valence-electron chi connectivity index (χ4n) is 1.40. The van der Waals surface area contributed by atoms with Crippen LogP contribution in [-0.2, 0) is 0 Å². The van der Waals surface area contributed by atoms with E-state index in [9.17, 15) is 4.79 Å². The standard InChI is InChI=1S/C11H6Cl4N4O/c12-6-2-4(16)1-5(7(6)13)11(20)19-8-9(14)17-3-18-10(8)15/h1-3H,16H2,(H,19,20). The number of halogens is 4. The second kappa shape index (κ2) is 6.01. The number of anilines is 2. The molecule has 0 saturated carbocycles. The second-order valence-corrected chi connectivity index (χ2v) is 5.15. The number of nitrogen functional groups attached to an aromatic ring is 1. The number of aromatic nitrogens is 2. The Kier molecular flexibility index (Phi) is 4.55. The molecule has 2 aromatic rings. The summed E-state index contributed by atoms with van der Waals surface area (Å²) in [5.74, 6) is -0.581. The van der Waals surface area contributed by atoms with Gasteiger partial charge in [0.1, 0.15) is 12.0 Å². The van der Waals surface area contributed by atoms with E-state index in [-0.39, 0.29) is 31.6 Å². The average molecular weight is 352 g/mol. The molecule has 1 aromatic carbocycles. The number of nitrogens with two attached hydrogens (primary N) is 1. The summed E-state index contributed by atoms with van der Waals surface area (Å²) in [5, 5.41) is 2.71. The number of carbonyl (C=O) groups is 1. The lowest BCUT2D eigenvalue weighted by Gasteiger charge is -2.10. The van der Waals surface area contributed by atoms with Crippen LogP contribution in [0.4, 0.5) is 11.4 Å². The Balaban J connectivity index is 2.39. The van der Waals surface area contributed by atoms with Crippen molar-refractivity contribution in [3.63, 3.8) is 0 Å². The number of hydrogen-bond donors (Lipinski definition) is 2. The van der Waals surface area contributed by atoms with E-state index < -0.39 is 5.91 Å². The van der Waals surface area contributed by atoms with Gasteiger partial charge in [-0.05, 0) is 12.1 Å². The number of nitrogens with zero attached hydrogens (tertiary/aromatic N) is 2. The maximum atomic E-state index is 12.2. The molecule has 0 aliphatic heterocycles. The smallest absolute Gasteiger partial charge is 0.257 e. The topological polar surface area (TPSA) is 80.9 Å². The largest absolute Gasteiger partial charge is 0.399 e. The third-order valence-electron chi connectivity index (χ3n) is 2.29. The molecule has 0 spiro atoms. The number of carbonyl (C=O) groups excluding carboxylic acids is 1. The zero-order chi connectivity index (χ0) is 14.9. The van der Waals surface area contributed by atoms with Crippen LogP contribution in [0.2, 0.25) is 20.4 Å². The molecule has 3 N–H and O–H groups in total. The van der Waals surface area contributed by atoms with Crippen molar-refractivity contribution in [3.05, 3.63) is 44.4 Å². The summed E-state index contributed by atoms with van der Waals surface area (Å²) in [6.45, 7) is 0. The predicted octanol–water partition coefficient (Wildman–Crippen LogP) is 3.92. The van der Waals surface area contributed by atoms with E-state index in [4.69, 9.17) is 52.1 Å². The van der Waals surface area contributed by atoms with Crippen LogP contribution in [0.1, 0.15) is 10.4 Å². The van der Waals surface area contributed by atoms with Crippen molar-refractivity contribution < 1.29 is 4.79 Å². The zero-order valence-corrected chi connectivity index (χ0v) is 12.6. The molecular weight excluding hydrogens is 346 g/mol. The van der Waals surface area contributed by atoms with Crippen LogP contribution in [0.15, 0.2) is 18.5 Å². The van der Waals surface area contributed by atoms with Gasteiger partial charge < -0.3 is 11.1 Å². The summed E-state index contributed by atoms with van der Waals surface area (Å²) in [5.41, 5.74) is 6.09. The van der Waals surface area contributed by atoms with Crippen molar-refractivity contribution in [3.8, 4) is 0 Å². The first-order valence-electron chi connectivity index (χ1n) is 5.12. The van der Waals surface area contributed by atoms with E-state index in [0.717, 1.165) is 0 Å². The second-order valence-electron chi connectivity index (χ2n) is 3.65. The van der Waals surface area contributed by atoms with Crippen molar-refractivity contribution in [1.29, 1.82) is 0 Å². The Bertz CT molecular complexity index is 672. The maximum Gasteiger partial charge on any atom is 0.257 e. The van der Waals surface area contributed by atoms with Gasteiger partial charge in [0.15, 0.2) is 10.3 Å². The normalized spacial score (nSPS) is 10.4. The lowest BCUT2D eigenvalue weighted by molar-refractivity contribution is 0.102. The predicted molar refractivity (Wildman–Crippen MR) is 80.9 cm³/mol. The van der Waals surface area contributed by atoms with Gasteiger partial charge in [-0.15, -0.1) is 0 Å². The molecule has 0 saturated heterocycles. The molecule has 1 amide bonds. The fraction of sp³-hybridized carbons (Fsp3) is 0. The van der Waals surface area contributed by atoms with Gasteiger partial charge in [-0.2, -0.15) is 0 Å². The van der Waals surface area contributed by atoms with Gasteiger partial charge in [-0.1, -0.05) is 46.4 Å². The van der Waals surface area contributed by atoms with E-state index in [1.54, 1.807) is 0 Å².